The van der Waals surface area contributed by atoms with E-state index in [2.05, 4.69) is 0 Å². The van der Waals surface area contributed by atoms with Crippen LogP contribution in [0.15, 0.2) is 36.4 Å². The van der Waals surface area contributed by atoms with Crippen LogP contribution in [0.25, 0.3) is 0 Å². The van der Waals surface area contributed by atoms with Gasteiger partial charge in [0.25, 0.3) is 0 Å². The van der Waals surface area contributed by atoms with Crippen LogP contribution >= 0.6 is 11.6 Å². The van der Waals surface area contributed by atoms with Crippen molar-refractivity contribution in [2.45, 2.75) is 0 Å². The average Bonchev–Trinajstić information content (AvgIpc) is 2.41. The van der Waals surface area contributed by atoms with Crippen LogP contribution in [0, 0.1) is 11.6 Å². The zero-order valence-corrected chi connectivity index (χ0v) is 10.7. The van der Waals surface area contributed by atoms with E-state index in [-0.39, 0.29) is 16.1 Å². The van der Waals surface area contributed by atoms with Gasteiger partial charge in [-0.1, -0.05) is 11.6 Å². The fourth-order valence-electron chi connectivity index (χ4n) is 1.60. The summed E-state index contributed by atoms with van der Waals surface area (Å²) in [6.45, 7) is 0. The topological polar surface area (TPSA) is 26.3 Å². The Labute approximate surface area is 113 Å². The molecule has 0 heterocycles. The van der Waals surface area contributed by atoms with Crippen LogP contribution in [0.3, 0.4) is 0 Å². The zero-order valence-electron chi connectivity index (χ0n) is 9.91. The number of ketones is 1. The molecule has 2 aromatic carbocycles. The van der Waals surface area contributed by atoms with E-state index in [1.807, 2.05) is 0 Å². The molecule has 0 bridgehead atoms. The fraction of sp³-hybridized carbons (Fsp3) is 0.0714. The number of hydrogen-bond acceptors (Lipinski definition) is 2. The monoisotopic (exact) mass is 282 g/mol. The number of ether oxygens (including phenoxy) is 1. The highest BCUT2D eigenvalue weighted by atomic mass is 35.5. The number of benzene rings is 2. The minimum atomic E-state index is -0.704. The lowest BCUT2D eigenvalue weighted by atomic mass is 10.0. The van der Waals surface area contributed by atoms with E-state index in [1.165, 1.54) is 31.4 Å². The first-order valence-corrected chi connectivity index (χ1v) is 5.74. The molecule has 0 N–H and O–H groups in total. The molecule has 0 amide bonds. The van der Waals surface area contributed by atoms with Crippen LogP contribution in [0.5, 0.6) is 5.75 Å². The summed E-state index contributed by atoms with van der Waals surface area (Å²) in [5.41, 5.74) is -0.000980. The maximum absolute atomic E-state index is 13.7. The highest BCUT2D eigenvalue weighted by molar-refractivity contribution is 6.31. The molecule has 0 aromatic heterocycles. The summed E-state index contributed by atoms with van der Waals surface area (Å²) < 4.78 is 31.6. The van der Waals surface area contributed by atoms with Gasteiger partial charge in [0.05, 0.1) is 17.7 Å². The van der Waals surface area contributed by atoms with Crippen molar-refractivity contribution in [1.82, 2.24) is 0 Å². The molecule has 19 heavy (non-hydrogen) atoms. The van der Waals surface area contributed by atoms with Crippen molar-refractivity contribution in [3.63, 3.8) is 0 Å². The van der Waals surface area contributed by atoms with Crippen LogP contribution in [0.4, 0.5) is 8.78 Å². The highest BCUT2D eigenvalue weighted by Gasteiger charge is 2.16. The summed E-state index contributed by atoms with van der Waals surface area (Å²) in [7, 11) is 1.40. The van der Waals surface area contributed by atoms with E-state index in [0.29, 0.717) is 5.75 Å². The van der Waals surface area contributed by atoms with E-state index < -0.39 is 17.4 Å². The first-order valence-electron chi connectivity index (χ1n) is 5.36. The van der Waals surface area contributed by atoms with Crippen molar-refractivity contribution < 1.29 is 18.3 Å². The lowest BCUT2D eigenvalue weighted by Gasteiger charge is -2.05. The predicted molar refractivity (Wildman–Crippen MR) is 67.8 cm³/mol. The van der Waals surface area contributed by atoms with Crippen molar-refractivity contribution in [2.24, 2.45) is 0 Å². The molecule has 2 nitrogen and oxygen atoms in total. The molecule has 2 rings (SSSR count). The fourth-order valence-corrected chi connectivity index (χ4v) is 1.78. The van der Waals surface area contributed by atoms with Gasteiger partial charge in [-0.15, -0.1) is 0 Å². The number of carbonyl (C=O) groups is 1. The van der Waals surface area contributed by atoms with Crippen molar-refractivity contribution in [1.29, 1.82) is 0 Å². The SMILES string of the molecule is COc1ccc(C(=O)c2ccc(F)c(Cl)c2)c(F)c1. The third-order valence-electron chi connectivity index (χ3n) is 2.60. The second kappa shape index (κ2) is 5.36. The van der Waals surface area contributed by atoms with Gasteiger partial charge in [-0.05, 0) is 30.3 Å². The quantitative estimate of drug-likeness (QED) is 0.799. The minimum absolute atomic E-state index is 0.121. The molecular formula is C14H9ClF2O2. The second-order valence-electron chi connectivity index (χ2n) is 3.80. The Morgan fingerprint density at radius 2 is 1.84 bits per heavy atom. The van der Waals surface area contributed by atoms with E-state index >= 15 is 0 Å². The molecule has 0 fully saturated rings. The normalized spacial score (nSPS) is 10.3. The Balaban J connectivity index is 2.41. The smallest absolute Gasteiger partial charge is 0.196 e. The number of carbonyl (C=O) groups excluding carboxylic acids is 1. The maximum Gasteiger partial charge on any atom is 0.196 e. The molecule has 0 aliphatic heterocycles. The summed E-state index contributed by atoms with van der Waals surface area (Å²) in [4.78, 5) is 12.1. The molecule has 2 aromatic rings. The Hall–Kier alpha value is -1.94. The van der Waals surface area contributed by atoms with Gasteiger partial charge in [0.1, 0.15) is 17.4 Å². The zero-order chi connectivity index (χ0) is 14.0. The predicted octanol–water partition coefficient (Wildman–Crippen LogP) is 3.86. The molecule has 0 aliphatic carbocycles. The van der Waals surface area contributed by atoms with Gasteiger partial charge in [0, 0.05) is 11.6 Å². The first-order chi connectivity index (χ1) is 9.02. The molecule has 0 unspecified atom stereocenters. The van der Waals surface area contributed by atoms with Gasteiger partial charge >= 0.3 is 0 Å². The lowest BCUT2D eigenvalue weighted by Crippen LogP contribution is -2.05. The average molecular weight is 283 g/mol. The van der Waals surface area contributed by atoms with Gasteiger partial charge < -0.3 is 4.74 Å². The van der Waals surface area contributed by atoms with Gasteiger partial charge in [-0.2, -0.15) is 0 Å². The van der Waals surface area contributed by atoms with Crippen LogP contribution in [-0.4, -0.2) is 12.9 Å². The van der Waals surface area contributed by atoms with Gasteiger partial charge in [0.2, 0.25) is 0 Å². The summed E-state index contributed by atoms with van der Waals surface area (Å²) in [5, 5.41) is -0.181. The maximum atomic E-state index is 13.7. The molecule has 0 spiro atoms. The van der Waals surface area contributed by atoms with Gasteiger partial charge in [0.15, 0.2) is 5.78 Å². The van der Waals surface area contributed by atoms with Crippen LogP contribution < -0.4 is 4.74 Å². The second-order valence-corrected chi connectivity index (χ2v) is 4.21. The van der Waals surface area contributed by atoms with E-state index in [4.69, 9.17) is 16.3 Å². The third kappa shape index (κ3) is 2.74. The lowest BCUT2D eigenvalue weighted by molar-refractivity contribution is 0.103. The van der Waals surface area contributed by atoms with Gasteiger partial charge in [-0.25, -0.2) is 8.78 Å². The van der Waals surface area contributed by atoms with Crippen molar-refractivity contribution in [2.75, 3.05) is 7.11 Å². The summed E-state index contributed by atoms with van der Waals surface area (Å²) in [6, 6.07) is 7.39. The standard InChI is InChI=1S/C14H9ClF2O2/c1-19-9-3-4-10(13(17)7-9)14(18)8-2-5-12(16)11(15)6-8/h2-7H,1H3. The number of halogens is 3. The van der Waals surface area contributed by atoms with E-state index in [9.17, 15) is 13.6 Å². The summed E-state index contributed by atoms with van der Waals surface area (Å²) in [5.74, 6) is -1.59. The molecular weight excluding hydrogens is 274 g/mol. The van der Waals surface area contributed by atoms with E-state index in [0.717, 1.165) is 12.1 Å². The first kappa shape index (κ1) is 13.5. The van der Waals surface area contributed by atoms with Crippen LogP contribution in [-0.2, 0) is 0 Å². The van der Waals surface area contributed by atoms with Crippen LogP contribution in [0.1, 0.15) is 15.9 Å². The third-order valence-corrected chi connectivity index (χ3v) is 2.89. The molecule has 0 atom stereocenters. The molecule has 5 heteroatoms. The Bertz CT molecular complexity index is 641. The van der Waals surface area contributed by atoms with Gasteiger partial charge in [-0.3, -0.25) is 4.79 Å². The van der Waals surface area contributed by atoms with Crippen molar-refractivity contribution >= 4 is 17.4 Å². The summed E-state index contributed by atoms with van der Waals surface area (Å²) >= 11 is 5.59. The Morgan fingerprint density at radius 1 is 1.11 bits per heavy atom. The van der Waals surface area contributed by atoms with E-state index in [1.54, 1.807) is 0 Å². The largest absolute Gasteiger partial charge is 0.497 e. The summed E-state index contributed by atoms with van der Waals surface area (Å²) in [6.07, 6.45) is 0. The molecule has 0 aliphatic rings. The Kier molecular flexibility index (Phi) is 3.81. The Morgan fingerprint density at radius 3 is 2.42 bits per heavy atom. The number of rotatable bonds is 3. The van der Waals surface area contributed by atoms with Crippen molar-refractivity contribution in [3.8, 4) is 5.75 Å². The highest BCUT2D eigenvalue weighted by Crippen LogP contribution is 2.22. The molecule has 0 saturated carbocycles. The number of hydrogen-bond donors (Lipinski definition) is 0. The van der Waals surface area contributed by atoms with Crippen LogP contribution in [0.2, 0.25) is 5.02 Å². The number of methoxy groups -OCH3 is 1. The molecule has 98 valence electrons. The molecule has 0 saturated heterocycles. The molecule has 0 radical (unpaired) electrons. The minimum Gasteiger partial charge on any atom is -0.497 e. The van der Waals surface area contributed by atoms with Crippen molar-refractivity contribution in [3.05, 3.63) is 64.2 Å².